The number of carbonyl (C=O) groups excluding carboxylic acids is 1. The zero-order valence-electron chi connectivity index (χ0n) is 14.1. The molecule has 0 spiro atoms. The summed E-state index contributed by atoms with van der Waals surface area (Å²) >= 11 is 1.76. The van der Waals surface area contributed by atoms with E-state index in [-0.39, 0.29) is 11.8 Å². The summed E-state index contributed by atoms with van der Waals surface area (Å²) < 4.78 is 6.06. The Morgan fingerprint density at radius 1 is 1.33 bits per heavy atom. The second-order valence-electron chi connectivity index (χ2n) is 7.20. The number of hydrogen-bond donors (Lipinski definition) is 0. The summed E-state index contributed by atoms with van der Waals surface area (Å²) in [4.78, 5) is 20.7. The molecule has 1 aromatic heterocycles. The molecule has 1 amide bonds. The first-order valence-electron chi connectivity index (χ1n) is 9.09. The molecule has 5 nitrogen and oxygen atoms in total. The van der Waals surface area contributed by atoms with Crippen molar-refractivity contribution in [3.63, 3.8) is 0 Å². The Bertz CT molecular complexity index is 544. The lowest BCUT2D eigenvalue weighted by molar-refractivity contribution is -0.208. The molecule has 24 heavy (non-hydrogen) atoms. The lowest BCUT2D eigenvalue weighted by atomic mass is 9.83. The highest BCUT2D eigenvalue weighted by molar-refractivity contribution is 7.07. The number of thiophene rings is 1. The summed E-state index contributed by atoms with van der Waals surface area (Å²) in [6.45, 7) is 5.09. The standard InChI is InChI=1S/C18H26N2O3S/c21-18(20-5-1-2-7-23-20)16-9-15-11-19(6-3-17(15)22-12-16)10-14-4-8-24-13-14/h4,8,13,15-17H,1-3,5-7,9-12H2/t15-,16-,17+/m1/s1. The molecule has 0 unspecified atom stereocenters. The Morgan fingerprint density at radius 3 is 3.08 bits per heavy atom. The first-order valence-corrected chi connectivity index (χ1v) is 10.0. The van der Waals surface area contributed by atoms with Crippen LogP contribution in [0.5, 0.6) is 0 Å². The van der Waals surface area contributed by atoms with Crippen LogP contribution in [0, 0.1) is 11.8 Å². The third-order valence-corrected chi connectivity index (χ3v) is 6.16. The van der Waals surface area contributed by atoms with Gasteiger partial charge in [0.15, 0.2) is 0 Å². The van der Waals surface area contributed by atoms with Gasteiger partial charge >= 0.3 is 0 Å². The van der Waals surface area contributed by atoms with Crippen molar-refractivity contribution < 1.29 is 14.4 Å². The predicted molar refractivity (Wildman–Crippen MR) is 92.4 cm³/mol. The predicted octanol–water partition coefficient (Wildman–Crippen LogP) is 2.53. The molecular formula is C18H26N2O3S. The number of likely N-dealkylation sites (tertiary alicyclic amines) is 1. The molecule has 3 aliphatic heterocycles. The number of ether oxygens (including phenoxy) is 1. The van der Waals surface area contributed by atoms with Gasteiger partial charge in [-0.2, -0.15) is 11.3 Å². The summed E-state index contributed by atoms with van der Waals surface area (Å²) in [5, 5.41) is 5.95. The van der Waals surface area contributed by atoms with Crippen LogP contribution < -0.4 is 0 Å². The van der Waals surface area contributed by atoms with Gasteiger partial charge < -0.3 is 4.74 Å². The quantitative estimate of drug-likeness (QED) is 0.840. The van der Waals surface area contributed by atoms with E-state index in [4.69, 9.17) is 9.57 Å². The van der Waals surface area contributed by atoms with Gasteiger partial charge in [0.05, 0.1) is 25.2 Å². The van der Waals surface area contributed by atoms with Crippen molar-refractivity contribution in [3.8, 4) is 0 Å². The van der Waals surface area contributed by atoms with E-state index in [9.17, 15) is 4.79 Å². The number of piperidine rings is 1. The Labute approximate surface area is 147 Å². The smallest absolute Gasteiger partial charge is 0.251 e. The second kappa shape index (κ2) is 7.52. The van der Waals surface area contributed by atoms with E-state index in [2.05, 4.69) is 21.7 Å². The average Bonchev–Trinajstić information content (AvgIpc) is 3.14. The van der Waals surface area contributed by atoms with Crippen molar-refractivity contribution in [1.82, 2.24) is 9.96 Å². The first kappa shape index (κ1) is 16.5. The largest absolute Gasteiger partial charge is 0.377 e. The van der Waals surface area contributed by atoms with Crippen LogP contribution in [0.25, 0.3) is 0 Å². The Kier molecular flexibility index (Phi) is 5.17. The van der Waals surface area contributed by atoms with Gasteiger partial charge in [-0.3, -0.25) is 14.5 Å². The summed E-state index contributed by atoms with van der Waals surface area (Å²) in [6, 6.07) is 2.20. The van der Waals surface area contributed by atoms with Crippen LogP contribution in [-0.2, 0) is 20.9 Å². The van der Waals surface area contributed by atoms with Crippen LogP contribution in [0.4, 0.5) is 0 Å². The van der Waals surface area contributed by atoms with Gasteiger partial charge in [-0.05, 0) is 54.0 Å². The average molecular weight is 350 g/mol. The molecule has 3 saturated heterocycles. The SMILES string of the molecule is O=C([C@H]1CO[C@H]2CCN(Cc3ccsc3)C[C@H]2C1)N1CCCCO1. The number of hydroxylamine groups is 2. The fourth-order valence-corrected chi connectivity index (χ4v) is 4.80. The molecular weight excluding hydrogens is 324 g/mol. The van der Waals surface area contributed by atoms with Gasteiger partial charge in [0, 0.05) is 26.2 Å². The van der Waals surface area contributed by atoms with Crippen LogP contribution in [0.2, 0.25) is 0 Å². The van der Waals surface area contributed by atoms with E-state index >= 15 is 0 Å². The number of nitrogens with zero attached hydrogens (tertiary/aromatic N) is 2. The zero-order chi connectivity index (χ0) is 16.4. The molecule has 0 radical (unpaired) electrons. The van der Waals surface area contributed by atoms with Crippen molar-refractivity contribution >= 4 is 17.2 Å². The topological polar surface area (TPSA) is 42.0 Å². The summed E-state index contributed by atoms with van der Waals surface area (Å²) in [5.41, 5.74) is 1.39. The summed E-state index contributed by atoms with van der Waals surface area (Å²) in [7, 11) is 0. The van der Waals surface area contributed by atoms with Gasteiger partial charge in [-0.1, -0.05) is 0 Å². The molecule has 0 saturated carbocycles. The number of hydrogen-bond acceptors (Lipinski definition) is 5. The van der Waals surface area contributed by atoms with Crippen LogP contribution in [0.15, 0.2) is 16.8 Å². The van der Waals surface area contributed by atoms with Gasteiger partial charge in [0.25, 0.3) is 5.91 Å². The highest BCUT2D eigenvalue weighted by Gasteiger charge is 2.39. The van der Waals surface area contributed by atoms with E-state index in [1.165, 1.54) is 5.56 Å². The number of fused-ring (bicyclic) bond motifs is 1. The van der Waals surface area contributed by atoms with E-state index < -0.39 is 0 Å². The molecule has 6 heteroatoms. The highest BCUT2D eigenvalue weighted by atomic mass is 32.1. The maximum atomic E-state index is 12.7. The summed E-state index contributed by atoms with van der Waals surface area (Å²) in [5.74, 6) is 0.554. The second-order valence-corrected chi connectivity index (χ2v) is 7.98. The highest BCUT2D eigenvalue weighted by Crippen LogP contribution is 2.33. The fourth-order valence-electron chi connectivity index (χ4n) is 4.14. The van der Waals surface area contributed by atoms with Gasteiger partial charge in [0.1, 0.15) is 0 Å². The van der Waals surface area contributed by atoms with Crippen molar-refractivity contribution in [2.45, 2.75) is 38.3 Å². The van der Waals surface area contributed by atoms with Crippen molar-refractivity contribution in [2.75, 3.05) is 32.8 Å². The number of carbonyl (C=O) groups is 1. The maximum absolute atomic E-state index is 12.7. The third kappa shape index (κ3) is 3.67. The molecule has 4 heterocycles. The zero-order valence-corrected chi connectivity index (χ0v) is 14.9. The molecule has 3 fully saturated rings. The molecule has 4 rings (SSSR count). The minimum absolute atomic E-state index is 0.0366. The first-order chi connectivity index (χ1) is 11.8. The van der Waals surface area contributed by atoms with Gasteiger partial charge in [0.2, 0.25) is 0 Å². The minimum Gasteiger partial charge on any atom is -0.377 e. The van der Waals surface area contributed by atoms with E-state index in [1.807, 2.05) is 0 Å². The van der Waals surface area contributed by atoms with Crippen LogP contribution in [0.3, 0.4) is 0 Å². The molecule has 1 aromatic rings. The monoisotopic (exact) mass is 350 g/mol. The third-order valence-electron chi connectivity index (χ3n) is 5.43. The lowest BCUT2D eigenvalue weighted by Gasteiger charge is -2.43. The van der Waals surface area contributed by atoms with E-state index in [0.717, 1.165) is 51.9 Å². The van der Waals surface area contributed by atoms with Crippen LogP contribution >= 0.6 is 11.3 Å². The fraction of sp³-hybridized carbons (Fsp3) is 0.722. The minimum atomic E-state index is -0.0366. The van der Waals surface area contributed by atoms with Gasteiger partial charge in [-0.25, -0.2) is 5.06 Å². The number of amides is 1. The molecule has 3 atom stereocenters. The van der Waals surface area contributed by atoms with Gasteiger partial charge in [-0.15, -0.1) is 0 Å². The normalized spacial score (nSPS) is 31.7. The van der Waals surface area contributed by atoms with E-state index in [1.54, 1.807) is 16.4 Å². The maximum Gasteiger partial charge on any atom is 0.251 e. The van der Waals surface area contributed by atoms with Crippen LogP contribution in [0.1, 0.15) is 31.2 Å². The molecule has 0 N–H and O–H groups in total. The molecule has 3 aliphatic rings. The van der Waals surface area contributed by atoms with Crippen molar-refractivity contribution in [1.29, 1.82) is 0 Å². The molecule has 0 bridgehead atoms. The summed E-state index contributed by atoms with van der Waals surface area (Å²) in [6.07, 6.45) is 4.43. The Hall–Kier alpha value is -0.950. The molecule has 0 aliphatic carbocycles. The number of rotatable bonds is 3. The molecule has 132 valence electrons. The Balaban J connectivity index is 1.34. The van der Waals surface area contributed by atoms with Crippen LogP contribution in [-0.4, -0.2) is 54.8 Å². The van der Waals surface area contributed by atoms with Crippen molar-refractivity contribution in [3.05, 3.63) is 22.4 Å². The van der Waals surface area contributed by atoms with Crippen molar-refractivity contribution in [2.24, 2.45) is 11.8 Å². The molecule has 0 aromatic carbocycles. The lowest BCUT2D eigenvalue weighted by Crippen LogP contribution is -2.51. The van der Waals surface area contributed by atoms with E-state index in [0.29, 0.717) is 25.2 Å². The Morgan fingerprint density at radius 2 is 2.29 bits per heavy atom.